The third-order valence-corrected chi connectivity index (χ3v) is 9.28. The quantitative estimate of drug-likeness (QED) is 0.265. The molecule has 0 fully saturated rings. The number of amides is 1. The second kappa shape index (κ2) is 10.7. The van der Waals surface area contributed by atoms with E-state index in [1.165, 1.54) is 48.4 Å². The highest BCUT2D eigenvalue weighted by molar-refractivity contribution is 7.99. The Bertz CT molecular complexity index is 2020. The standard InChI is InChI=1S/C28H26N8O4S2/c1-16-4-9-23(17(2)12-16)36-25-22(14-30-36)26(38)35-20(15-41-28(35)33-25)13-24(37)32-19-5-7-21(8-6-19)42(39,40)34-27-29-11-10-18(3)31-27/h4-12,14,20H,13,15H2,1-3H3,(H,32,37)(H,29,31,34). The summed E-state index contributed by atoms with van der Waals surface area (Å²) in [5, 5.41) is 8.16. The van der Waals surface area contributed by atoms with E-state index in [-0.39, 0.29) is 28.7 Å². The zero-order valence-corrected chi connectivity index (χ0v) is 24.5. The maximum atomic E-state index is 13.5. The Morgan fingerprint density at radius 3 is 2.60 bits per heavy atom. The lowest BCUT2D eigenvalue weighted by atomic mass is 10.1. The zero-order chi connectivity index (χ0) is 29.6. The fourth-order valence-corrected chi connectivity index (χ4v) is 6.90. The number of nitrogens with one attached hydrogen (secondary N) is 2. The van der Waals surface area contributed by atoms with Crippen LogP contribution in [0.1, 0.15) is 29.3 Å². The Morgan fingerprint density at radius 2 is 1.86 bits per heavy atom. The normalized spacial score (nSPS) is 14.6. The molecular formula is C28H26N8O4S2. The van der Waals surface area contributed by atoms with Crippen LogP contribution in [0.3, 0.4) is 0 Å². The number of benzene rings is 2. The first kappa shape index (κ1) is 27.6. The van der Waals surface area contributed by atoms with Gasteiger partial charge in [0.15, 0.2) is 10.8 Å². The summed E-state index contributed by atoms with van der Waals surface area (Å²) >= 11 is 1.42. The lowest BCUT2D eigenvalue weighted by molar-refractivity contribution is -0.116. The second-order valence-electron chi connectivity index (χ2n) is 10.0. The summed E-state index contributed by atoms with van der Waals surface area (Å²) in [6.07, 6.45) is 3.03. The highest BCUT2D eigenvalue weighted by atomic mass is 32.2. The fourth-order valence-electron chi connectivity index (χ4n) is 4.82. The van der Waals surface area contributed by atoms with Gasteiger partial charge in [-0.05, 0) is 62.7 Å². The van der Waals surface area contributed by atoms with Gasteiger partial charge in [-0.1, -0.05) is 29.5 Å². The highest BCUT2D eigenvalue weighted by Gasteiger charge is 2.30. The molecule has 2 N–H and O–H groups in total. The number of fused-ring (bicyclic) bond motifs is 2. The Labute approximate surface area is 245 Å². The average molecular weight is 603 g/mol. The Kier molecular flexibility index (Phi) is 7.02. The van der Waals surface area contributed by atoms with E-state index in [4.69, 9.17) is 4.98 Å². The van der Waals surface area contributed by atoms with Gasteiger partial charge in [-0.25, -0.2) is 32.8 Å². The molecule has 1 atom stereocenters. The molecule has 0 bridgehead atoms. The van der Waals surface area contributed by atoms with Crippen molar-refractivity contribution in [3.05, 3.63) is 88.1 Å². The van der Waals surface area contributed by atoms with E-state index in [2.05, 4.69) is 31.2 Å². The summed E-state index contributed by atoms with van der Waals surface area (Å²) < 4.78 is 31.0. The van der Waals surface area contributed by atoms with Gasteiger partial charge in [0.05, 0.1) is 22.8 Å². The SMILES string of the molecule is Cc1ccc(-n2ncc3c(=O)n4c(nc32)SCC4CC(=O)Nc2ccc(S(=O)(=O)Nc3nccc(C)n3)cc2)c(C)c1. The average Bonchev–Trinajstić information content (AvgIpc) is 3.54. The summed E-state index contributed by atoms with van der Waals surface area (Å²) in [6, 6.07) is 13.0. The molecule has 5 aromatic rings. The number of sulfonamides is 1. The number of hydrogen-bond acceptors (Lipinski definition) is 9. The molecule has 6 rings (SSSR count). The first-order valence-corrected chi connectivity index (χ1v) is 15.5. The number of thioether (sulfide) groups is 1. The molecule has 3 aromatic heterocycles. The number of anilines is 2. The van der Waals surface area contributed by atoms with Crippen LogP contribution < -0.4 is 15.6 Å². The smallest absolute Gasteiger partial charge is 0.265 e. The van der Waals surface area contributed by atoms with E-state index in [0.717, 1.165) is 16.8 Å². The molecule has 2 aromatic carbocycles. The third kappa shape index (κ3) is 5.25. The number of carbonyl (C=O) groups is 1. The maximum Gasteiger partial charge on any atom is 0.265 e. The minimum absolute atomic E-state index is 0.00486. The van der Waals surface area contributed by atoms with Crippen molar-refractivity contribution in [3.63, 3.8) is 0 Å². The van der Waals surface area contributed by atoms with E-state index in [1.54, 1.807) is 22.2 Å². The summed E-state index contributed by atoms with van der Waals surface area (Å²) in [5.41, 5.74) is 4.29. The monoisotopic (exact) mass is 602 g/mol. The van der Waals surface area contributed by atoms with E-state index < -0.39 is 16.1 Å². The van der Waals surface area contributed by atoms with Gasteiger partial charge in [-0.15, -0.1) is 0 Å². The lowest BCUT2D eigenvalue weighted by Gasteiger charge is -2.14. The summed E-state index contributed by atoms with van der Waals surface area (Å²) in [5.74, 6) is 0.179. The zero-order valence-electron chi connectivity index (χ0n) is 22.9. The first-order chi connectivity index (χ1) is 20.1. The molecule has 12 nitrogen and oxygen atoms in total. The molecule has 4 heterocycles. The molecule has 1 amide bonds. The number of rotatable bonds is 7. The van der Waals surface area contributed by atoms with Crippen LogP contribution in [0.4, 0.5) is 11.6 Å². The molecular weight excluding hydrogens is 576 g/mol. The van der Waals surface area contributed by atoms with E-state index in [0.29, 0.717) is 33.3 Å². The minimum Gasteiger partial charge on any atom is -0.326 e. The molecule has 0 saturated carbocycles. The van der Waals surface area contributed by atoms with Gasteiger partial charge in [0.1, 0.15) is 5.39 Å². The van der Waals surface area contributed by atoms with Crippen molar-refractivity contribution in [2.45, 2.75) is 43.3 Å². The maximum absolute atomic E-state index is 13.5. The largest absolute Gasteiger partial charge is 0.326 e. The molecule has 42 heavy (non-hydrogen) atoms. The Balaban J connectivity index is 1.17. The van der Waals surface area contributed by atoms with Gasteiger partial charge >= 0.3 is 0 Å². The van der Waals surface area contributed by atoms with Gasteiger partial charge in [-0.2, -0.15) is 5.10 Å². The van der Waals surface area contributed by atoms with Gasteiger partial charge < -0.3 is 5.32 Å². The van der Waals surface area contributed by atoms with E-state index in [1.807, 2.05) is 26.0 Å². The number of aromatic nitrogens is 6. The molecule has 0 spiro atoms. The Morgan fingerprint density at radius 1 is 1.07 bits per heavy atom. The van der Waals surface area contributed by atoms with Crippen LogP contribution in [0.5, 0.6) is 0 Å². The van der Waals surface area contributed by atoms with Crippen LogP contribution in [-0.2, 0) is 14.8 Å². The molecule has 1 aliphatic rings. The van der Waals surface area contributed by atoms with Crippen molar-refractivity contribution in [2.75, 3.05) is 15.8 Å². The van der Waals surface area contributed by atoms with Gasteiger partial charge in [0, 0.05) is 29.8 Å². The summed E-state index contributed by atoms with van der Waals surface area (Å²) in [6.45, 7) is 5.74. The molecule has 214 valence electrons. The van der Waals surface area contributed by atoms with Crippen molar-refractivity contribution < 1.29 is 13.2 Å². The van der Waals surface area contributed by atoms with E-state index in [9.17, 15) is 18.0 Å². The van der Waals surface area contributed by atoms with Crippen LogP contribution in [0.25, 0.3) is 16.7 Å². The number of hydrogen-bond donors (Lipinski definition) is 2. The molecule has 1 aliphatic heterocycles. The third-order valence-electron chi connectivity index (χ3n) is 6.84. The van der Waals surface area contributed by atoms with Crippen LogP contribution in [0.2, 0.25) is 0 Å². The molecule has 0 radical (unpaired) electrons. The van der Waals surface area contributed by atoms with E-state index >= 15 is 0 Å². The fraction of sp³-hybridized carbons (Fsp3) is 0.214. The molecule has 0 saturated heterocycles. The van der Waals surface area contributed by atoms with Crippen LogP contribution in [0, 0.1) is 20.8 Å². The van der Waals surface area contributed by atoms with Crippen molar-refractivity contribution >= 4 is 50.4 Å². The van der Waals surface area contributed by atoms with Gasteiger partial charge in [0.2, 0.25) is 11.9 Å². The van der Waals surface area contributed by atoms with Crippen molar-refractivity contribution in [1.29, 1.82) is 0 Å². The lowest BCUT2D eigenvalue weighted by Crippen LogP contribution is -2.27. The topological polar surface area (TPSA) is 154 Å². The second-order valence-corrected chi connectivity index (χ2v) is 12.7. The first-order valence-electron chi connectivity index (χ1n) is 13.0. The Hall–Kier alpha value is -4.56. The number of carbonyl (C=O) groups excluding carboxylic acids is 1. The van der Waals surface area contributed by atoms with Crippen LogP contribution in [0.15, 0.2) is 75.8 Å². The molecule has 14 heteroatoms. The predicted molar refractivity (Wildman–Crippen MR) is 160 cm³/mol. The predicted octanol–water partition coefficient (Wildman–Crippen LogP) is 3.77. The van der Waals surface area contributed by atoms with Crippen molar-refractivity contribution in [3.8, 4) is 5.69 Å². The minimum atomic E-state index is -3.91. The van der Waals surface area contributed by atoms with Gasteiger partial charge in [-0.3, -0.25) is 14.2 Å². The van der Waals surface area contributed by atoms with Crippen LogP contribution in [-0.4, -0.2) is 49.4 Å². The van der Waals surface area contributed by atoms with Crippen molar-refractivity contribution in [2.24, 2.45) is 0 Å². The number of aryl methyl sites for hydroxylation is 3. The summed E-state index contributed by atoms with van der Waals surface area (Å²) in [7, 11) is -3.91. The molecule has 0 aliphatic carbocycles. The van der Waals surface area contributed by atoms with Crippen LogP contribution >= 0.6 is 11.8 Å². The molecule has 1 unspecified atom stereocenters. The van der Waals surface area contributed by atoms with Gasteiger partial charge in [0.25, 0.3) is 15.6 Å². The summed E-state index contributed by atoms with van der Waals surface area (Å²) in [4.78, 5) is 39.2. The highest BCUT2D eigenvalue weighted by Crippen LogP contribution is 2.34. The van der Waals surface area contributed by atoms with Crippen molar-refractivity contribution in [1.82, 2.24) is 29.3 Å². The number of nitrogens with zero attached hydrogens (tertiary/aromatic N) is 6.